The van der Waals surface area contributed by atoms with Crippen molar-refractivity contribution in [3.8, 4) is 5.75 Å². The second kappa shape index (κ2) is 9.46. The molecular weight excluding hydrogens is 328 g/mol. The number of carbonyl (C=O) groups excluding carboxylic acids is 1. The van der Waals surface area contributed by atoms with Crippen molar-refractivity contribution < 1.29 is 9.53 Å². The molecule has 0 atom stereocenters. The van der Waals surface area contributed by atoms with Crippen LogP contribution >= 0.6 is 0 Å². The van der Waals surface area contributed by atoms with Crippen molar-refractivity contribution in [3.63, 3.8) is 0 Å². The number of carbonyl (C=O) groups is 1. The summed E-state index contributed by atoms with van der Waals surface area (Å²) in [5, 5.41) is 6.54. The highest BCUT2D eigenvalue weighted by atomic mass is 16.5. The first-order valence-electron chi connectivity index (χ1n) is 8.41. The molecule has 0 saturated heterocycles. The van der Waals surface area contributed by atoms with Gasteiger partial charge in [0.25, 0.3) is 5.91 Å². The minimum atomic E-state index is 0.00137. The topological polar surface area (TPSA) is 66.0 Å². The SMILES string of the molecule is CN=C(NCc1ccc(OC)cc1)NCc1ccc(C(=O)N(C)C)cc1. The minimum absolute atomic E-state index is 0.00137. The van der Waals surface area contributed by atoms with Gasteiger partial charge in [0.1, 0.15) is 5.75 Å². The molecule has 0 aliphatic carbocycles. The van der Waals surface area contributed by atoms with E-state index in [-0.39, 0.29) is 5.91 Å². The lowest BCUT2D eigenvalue weighted by atomic mass is 10.1. The van der Waals surface area contributed by atoms with Gasteiger partial charge in [-0.3, -0.25) is 9.79 Å². The van der Waals surface area contributed by atoms with Crippen LogP contribution in [0.3, 0.4) is 0 Å². The van der Waals surface area contributed by atoms with Crippen molar-refractivity contribution in [2.24, 2.45) is 4.99 Å². The number of nitrogens with one attached hydrogen (secondary N) is 2. The maximum atomic E-state index is 11.9. The molecule has 0 fully saturated rings. The van der Waals surface area contributed by atoms with Crippen molar-refractivity contribution in [2.45, 2.75) is 13.1 Å². The monoisotopic (exact) mass is 354 g/mol. The number of hydrogen-bond acceptors (Lipinski definition) is 3. The van der Waals surface area contributed by atoms with Gasteiger partial charge >= 0.3 is 0 Å². The predicted octanol–water partition coefficient (Wildman–Crippen LogP) is 2.26. The van der Waals surface area contributed by atoms with Crippen LogP contribution in [-0.4, -0.2) is 45.0 Å². The van der Waals surface area contributed by atoms with Crippen LogP contribution in [0.4, 0.5) is 0 Å². The number of nitrogens with zero attached hydrogens (tertiary/aromatic N) is 2. The first kappa shape index (κ1) is 19.3. The fraction of sp³-hybridized carbons (Fsp3) is 0.300. The second-order valence-corrected chi connectivity index (χ2v) is 6.02. The molecule has 0 unspecified atom stereocenters. The van der Waals surface area contributed by atoms with Crippen molar-refractivity contribution in [1.29, 1.82) is 0 Å². The summed E-state index contributed by atoms with van der Waals surface area (Å²) in [6, 6.07) is 15.5. The first-order valence-corrected chi connectivity index (χ1v) is 8.41. The number of hydrogen-bond donors (Lipinski definition) is 2. The summed E-state index contributed by atoms with van der Waals surface area (Å²) >= 11 is 0. The van der Waals surface area contributed by atoms with E-state index in [0.717, 1.165) is 16.9 Å². The summed E-state index contributed by atoms with van der Waals surface area (Å²) in [4.78, 5) is 17.7. The smallest absolute Gasteiger partial charge is 0.253 e. The molecule has 0 heterocycles. The Hall–Kier alpha value is -3.02. The minimum Gasteiger partial charge on any atom is -0.497 e. The number of benzene rings is 2. The summed E-state index contributed by atoms with van der Waals surface area (Å²) in [5.74, 6) is 1.56. The van der Waals surface area contributed by atoms with Crippen LogP contribution in [0.1, 0.15) is 21.5 Å². The van der Waals surface area contributed by atoms with Crippen molar-refractivity contribution in [2.75, 3.05) is 28.3 Å². The third kappa shape index (κ3) is 5.51. The van der Waals surface area contributed by atoms with E-state index in [1.165, 1.54) is 0 Å². The number of ether oxygens (including phenoxy) is 1. The quantitative estimate of drug-likeness (QED) is 0.617. The van der Waals surface area contributed by atoms with Crippen LogP contribution < -0.4 is 15.4 Å². The Morgan fingerprint density at radius 1 is 0.962 bits per heavy atom. The number of guanidine groups is 1. The van der Waals surface area contributed by atoms with Crippen LogP contribution in [0.5, 0.6) is 5.75 Å². The molecule has 2 aromatic rings. The van der Waals surface area contributed by atoms with Crippen molar-refractivity contribution in [1.82, 2.24) is 15.5 Å². The summed E-state index contributed by atoms with van der Waals surface area (Å²) in [5.41, 5.74) is 2.90. The van der Waals surface area contributed by atoms with Crippen LogP contribution in [0, 0.1) is 0 Å². The van der Waals surface area contributed by atoms with Gasteiger partial charge in [-0.1, -0.05) is 24.3 Å². The van der Waals surface area contributed by atoms with Gasteiger partial charge in [0.05, 0.1) is 7.11 Å². The number of aliphatic imine (C=N–C) groups is 1. The number of methoxy groups -OCH3 is 1. The first-order chi connectivity index (χ1) is 12.5. The normalized spacial score (nSPS) is 11.0. The molecule has 0 radical (unpaired) electrons. The van der Waals surface area contributed by atoms with E-state index in [4.69, 9.17) is 4.74 Å². The number of amides is 1. The third-order valence-corrected chi connectivity index (χ3v) is 3.91. The standard InChI is InChI=1S/C20H26N4O2/c1-21-20(23-14-16-7-11-18(26-4)12-8-16)22-13-15-5-9-17(10-6-15)19(25)24(2)3/h5-12H,13-14H2,1-4H3,(H2,21,22,23). The zero-order valence-corrected chi connectivity index (χ0v) is 15.7. The maximum absolute atomic E-state index is 11.9. The lowest BCUT2D eigenvalue weighted by Gasteiger charge is -2.13. The zero-order chi connectivity index (χ0) is 18.9. The molecule has 0 aliphatic rings. The number of rotatable bonds is 6. The van der Waals surface area contributed by atoms with Crippen LogP contribution in [-0.2, 0) is 13.1 Å². The highest BCUT2D eigenvalue weighted by Crippen LogP contribution is 2.11. The Morgan fingerprint density at radius 3 is 1.88 bits per heavy atom. The molecule has 6 nitrogen and oxygen atoms in total. The van der Waals surface area contributed by atoms with Gasteiger partial charge in [-0.2, -0.15) is 0 Å². The molecule has 0 aliphatic heterocycles. The van der Waals surface area contributed by atoms with Crippen molar-refractivity contribution in [3.05, 3.63) is 65.2 Å². The van der Waals surface area contributed by atoms with E-state index in [2.05, 4.69) is 15.6 Å². The van der Waals surface area contributed by atoms with Gasteiger partial charge in [0, 0.05) is 39.8 Å². The van der Waals surface area contributed by atoms with E-state index in [9.17, 15) is 4.79 Å². The zero-order valence-electron chi connectivity index (χ0n) is 15.7. The molecule has 2 N–H and O–H groups in total. The van der Waals surface area contributed by atoms with E-state index < -0.39 is 0 Å². The maximum Gasteiger partial charge on any atom is 0.253 e. The van der Waals surface area contributed by atoms with Gasteiger partial charge in [-0.15, -0.1) is 0 Å². The average molecular weight is 354 g/mol. The predicted molar refractivity (Wildman–Crippen MR) is 104 cm³/mol. The van der Waals surface area contributed by atoms with Crippen molar-refractivity contribution >= 4 is 11.9 Å². The van der Waals surface area contributed by atoms with E-state index >= 15 is 0 Å². The fourth-order valence-corrected chi connectivity index (χ4v) is 2.36. The molecule has 0 aromatic heterocycles. The van der Waals surface area contributed by atoms with Crippen LogP contribution in [0.2, 0.25) is 0 Å². The summed E-state index contributed by atoms with van der Waals surface area (Å²) in [6.45, 7) is 1.29. The second-order valence-electron chi connectivity index (χ2n) is 6.02. The molecule has 138 valence electrons. The van der Waals surface area contributed by atoms with Gasteiger partial charge in [-0.25, -0.2) is 0 Å². The average Bonchev–Trinajstić information content (AvgIpc) is 2.68. The Balaban J connectivity index is 1.85. The Labute approximate surface area is 154 Å². The van der Waals surface area contributed by atoms with Gasteiger partial charge in [0.2, 0.25) is 0 Å². The van der Waals surface area contributed by atoms with E-state index in [1.807, 2.05) is 48.5 Å². The third-order valence-electron chi connectivity index (χ3n) is 3.91. The van der Waals surface area contributed by atoms with E-state index in [1.54, 1.807) is 33.2 Å². The van der Waals surface area contributed by atoms with Gasteiger partial charge in [0.15, 0.2) is 5.96 Å². The Morgan fingerprint density at radius 2 is 1.46 bits per heavy atom. The lowest BCUT2D eigenvalue weighted by Crippen LogP contribution is -2.36. The van der Waals surface area contributed by atoms with Gasteiger partial charge < -0.3 is 20.3 Å². The molecular formula is C20H26N4O2. The van der Waals surface area contributed by atoms with Crippen LogP contribution in [0.25, 0.3) is 0 Å². The Bertz CT molecular complexity index is 737. The molecule has 0 spiro atoms. The molecule has 26 heavy (non-hydrogen) atoms. The highest BCUT2D eigenvalue weighted by molar-refractivity contribution is 5.93. The van der Waals surface area contributed by atoms with E-state index in [0.29, 0.717) is 24.6 Å². The Kier molecular flexibility index (Phi) is 7.02. The molecule has 0 saturated carbocycles. The lowest BCUT2D eigenvalue weighted by molar-refractivity contribution is 0.0827. The molecule has 6 heteroatoms. The fourth-order valence-electron chi connectivity index (χ4n) is 2.36. The largest absolute Gasteiger partial charge is 0.497 e. The summed E-state index contributed by atoms with van der Waals surface area (Å²) in [6.07, 6.45) is 0. The van der Waals surface area contributed by atoms with Gasteiger partial charge in [-0.05, 0) is 35.4 Å². The molecule has 2 rings (SSSR count). The molecule has 2 aromatic carbocycles. The molecule has 1 amide bonds. The highest BCUT2D eigenvalue weighted by Gasteiger charge is 2.07. The molecule has 0 bridgehead atoms. The summed E-state index contributed by atoms with van der Waals surface area (Å²) in [7, 11) is 6.89. The van der Waals surface area contributed by atoms with Crippen LogP contribution in [0.15, 0.2) is 53.5 Å². The summed E-state index contributed by atoms with van der Waals surface area (Å²) < 4.78 is 5.16.